The van der Waals surface area contributed by atoms with E-state index < -0.39 is 20.1 Å². The lowest BCUT2D eigenvalue weighted by molar-refractivity contribution is 1.18. The third kappa shape index (κ3) is 6.70. The number of hydrogen-bond acceptors (Lipinski definition) is 2. The highest BCUT2D eigenvalue weighted by Crippen LogP contribution is 2.33. The van der Waals surface area contributed by atoms with Crippen LogP contribution in [0.5, 0.6) is 0 Å². The largest absolute Gasteiger partial charge is 0.236 e. The molecule has 0 atom stereocenters. The van der Waals surface area contributed by atoms with Gasteiger partial charge >= 0.3 is 0 Å². The summed E-state index contributed by atoms with van der Waals surface area (Å²) in [5.74, 6) is 6.54. The van der Waals surface area contributed by atoms with Crippen LogP contribution in [0.4, 0.5) is 0 Å². The average molecular weight is 433 g/mol. The smallest absolute Gasteiger partial charge is 0.116 e. The van der Waals surface area contributed by atoms with Crippen LogP contribution in [0.2, 0.25) is 0 Å². The van der Waals surface area contributed by atoms with Gasteiger partial charge < -0.3 is 0 Å². The monoisotopic (exact) mass is 432 g/mol. The van der Waals surface area contributed by atoms with Crippen LogP contribution in [0.3, 0.4) is 0 Å². The zero-order valence-electron chi connectivity index (χ0n) is 18.5. The van der Waals surface area contributed by atoms with Crippen LogP contribution in [-0.4, -0.2) is 47.5 Å². The Morgan fingerprint density at radius 2 is 0.933 bits per heavy atom. The second-order valence-corrected chi connectivity index (χ2v) is 16.3. The van der Waals surface area contributed by atoms with Crippen LogP contribution in [0.25, 0.3) is 22.5 Å². The Kier molecular flexibility index (Phi) is 6.61. The Hall–Kier alpha value is -2.66. The summed E-state index contributed by atoms with van der Waals surface area (Å²) in [7, 11) is -1.65. The summed E-state index contributed by atoms with van der Waals surface area (Å²) in [6, 6.07) is 18.5. The Balaban J connectivity index is 1.82. The maximum atomic E-state index is 4.46. The van der Waals surface area contributed by atoms with Gasteiger partial charge in [0.25, 0.3) is 0 Å². The number of aromatic nitrogens is 2. The van der Waals surface area contributed by atoms with Gasteiger partial charge in [-0.2, -0.15) is 20.1 Å². The van der Waals surface area contributed by atoms with E-state index in [-0.39, 0.29) is 0 Å². The number of nitrogens with zero attached hydrogens (tertiary/aromatic N) is 2. The van der Waals surface area contributed by atoms with Gasteiger partial charge in [-0.15, -0.1) is 0 Å². The van der Waals surface area contributed by atoms with Crippen molar-refractivity contribution in [2.24, 2.45) is 0 Å². The summed E-state index contributed by atoms with van der Waals surface area (Å²) in [5, 5.41) is 6.70. The molecule has 0 bridgehead atoms. The second kappa shape index (κ2) is 9.00. The van der Waals surface area contributed by atoms with Gasteiger partial charge in [0.15, 0.2) is 0 Å². The van der Waals surface area contributed by atoms with Crippen molar-refractivity contribution in [3.63, 3.8) is 0 Å². The molecule has 154 valence electrons. The highest BCUT2D eigenvalue weighted by Gasteiger charge is 2.05. The van der Waals surface area contributed by atoms with Gasteiger partial charge in [0.1, 0.15) is 6.33 Å². The molecule has 2 aromatic carbocycles. The summed E-state index contributed by atoms with van der Waals surface area (Å²) in [6.07, 6.45) is 14.8. The first-order valence-electron chi connectivity index (χ1n) is 9.54. The Bertz CT molecular complexity index is 1050. The molecule has 1 heterocycles. The number of rotatable bonds is 2. The van der Waals surface area contributed by atoms with Gasteiger partial charge in [-0.25, -0.2) is 9.97 Å². The normalized spacial score (nSPS) is 12.2. The Labute approximate surface area is 184 Å². The van der Waals surface area contributed by atoms with Crippen molar-refractivity contribution in [2.75, 3.05) is 37.5 Å². The molecule has 0 amide bonds. The van der Waals surface area contributed by atoms with Crippen LogP contribution in [0.15, 0.2) is 60.9 Å². The van der Waals surface area contributed by atoms with Crippen molar-refractivity contribution < 1.29 is 0 Å². The van der Waals surface area contributed by atoms with Crippen molar-refractivity contribution in [1.29, 1.82) is 0 Å². The fraction of sp³-hybridized carbons (Fsp3) is 0.231. The first kappa shape index (κ1) is 22.0. The lowest BCUT2D eigenvalue weighted by atomic mass is 10.1. The zero-order chi connectivity index (χ0) is 21.8. The first-order chi connectivity index (χ1) is 14.1. The highest BCUT2D eigenvalue weighted by atomic mass is 32.3. The molecule has 0 spiro atoms. The van der Waals surface area contributed by atoms with Crippen LogP contribution in [0.1, 0.15) is 11.1 Å². The molecule has 0 fully saturated rings. The minimum Gasteiger partial charge on any atom is -0.236 e. The molecule has 2 nitrogen and oxygen atoms in total. The molecular formula is C26H28N2S2. The minimum atomic E-state index is -0.824. The standard InChI is InChI=1S/C26H28N2S2/c1-29(2,3)17-15-21-7-11-23(12-8-21)25-19-26(28-20-27-25)24-13-9-22(10-14-24)16-18-30(4,5)6/h7-14,19-20H,1-6H3. The third-order valence-corrected chi connectivity index (χ3v) is 5.46. The van der Waals surface area contributed by atoms with Crippen molar-refractivity contribution in [3.8, 4) is 44.9 Å². The van der Waals surface area contributed by atoms with Gasteiger partial charge in [0, 0.05) is 22.3 Å². The van der Waals surface area contributed by atoms with Crippen LogP contribution < -0.4 is 0 Å². The average Bonchev–Trinajstić information content (AvgIpc) is 2.71. The van der Waals surface area contributed by atoms with E-state index in [2.05, 4.69) is 118 Å². The molecule has 3 aromatic rings. The molecule has 3 rings (SSSR count). The topological polar surface area (TPSA) is 25.8 Å². The first-order valence-corrected chi connectivity index (χ1v) is 15.3. The molecule has 0 aliphatic carbocycles. The van der Waals surface area contributed by atoms with E-state index in [1.54, 1.807) is 6.33 Å². The van der Waals surface area contributed by atoms with Gasteiger partial charge in [-0.05, 0) is 78.4 Å². The molecular weight excluding hydrogens is 404 g/mol. The van der Waals surface area contributed by atoms with E-state index in [1.165, 1.54) is 0 Å². The molecule has 0 unspecified atom stereocenters. The molecule has 0 saturated carbocycles. The third-order valence-electron chi connectivity index (χ3n) is 4.03. The van der Waals surface area contributed by atoms with Crippen molar-refractivity contribution >= 4 is 20.1 Å². The summed E-state index contributed by atoms with van der Waals surface area (Å²) >= 11 is 0. The van der Waals surface area contributed by atoms with Crippen molar-refractivity contribution in [1.82, 2.24) is 9.97 Å². The molecule has 4 heteroatoms. The predicted molar refractivity (Wildman–Crippen MR) is 137 cm³/mol. The second-order valence-electron chi connectivity index (χ2n) is 8.57. The van der Waals surface area contributed by atoms with Crippen LogP contribution in [-0.2, 0) is 0 Å². The summed E-state index contributed by atoms with van der Waals surface area (Å²) in [4.78, 5) is 8.92. The van der Waals surface area contributed by atoms with E-state index in [0.717, 1.165) is 33.6 Å². The summed E-state index contributed by atoms with van der Waals surface area (Å²) in [5.41, 5.74) is 5.99. The molecule has 0 saturated heterocycles. The fourth-order valence-corrected chi connectivity index (χ4v) is 3.39. The number of hydrogen-bond donors (Lipinski definition) is 0. The van der Waals surface area contributed by atoms with E-state index in [0.29, 0.717) is 0 Å². The summed E-state index contributed by atoms with van der Waals surface area (Å²) < 4.78 is 0. The van der Waals surface area contributed by atoms with Crippen LogP contribution in [0, 0.1) is 22.3 Å². The van der Waals surface area contributed by atoms with Gasteiger partial charge in [0.2, 0.25) is 0 Å². The maximum Gasteiger partial charge on any atom is 0.116 e. The summed E-state index contributed by atoms with van der Waals surface area (Å²) in [6.45, 7) is 0. The zero-order valence-corrected chi connectivity index (χ0v) is 20.1. The predicted octanol–water partition coefficient (Wildman–Crippen LogP) is 5.82. The minimum absolute atomic E-state index is 0.824. The van der Waals surface area contributed by atoms with E-state index >= 15 is 0 Å². The maximum absolute atomic E-state index is 4.46. The van der Waals surface area contributed by atoms with E-state index in [9.17, 15) is 0 Å². The molecule has 0 N–H and O–H groups in total. The molecule has 1 aromatic heterocycles. The van der Waals surface area contributed by atoms with E-state index in [1.807, 2.05) is 6.07 Å². The fourth-order valence-electron chi connectivity index (χ4n) is 2.55. The molecule has 0 aliphatic rings. The Morgan fingerprint density at radius 1 is 0.567 bits per heavy atom. The van der Waals surface area contributed by atoms with Gasteiger partial charge in [-0.1, -0.05) is 36.1 Å². The quantitative estimate of drug-likeness (QED) is 0.477. The lowest BCUT2D eigenvalue weighted by Crippen LogP contribution is -1.90. The molecule has 0 radical (unpaired) electrons. The van der Waals surface area contributed by atoms with Crippen molar-refractivity contribution in [3.05, 3.63) is 72.1 Å². The highest BCUT2D eigenvalue weighted by molar-refractivity contribution is 8.36. The SMILES string of the molecule is CS(C)(C)C#Cc1ccc(-c2cc(-c3ccc(C#CS(C)(C)C)cc3)ncn2)cc1. The Morgan fingerprint density at radius 3 is 1.27 bits per heavy atom. The van der Waals surface area contributed by atoms with Gasteiger partial charge in [0.05, 0.1) is 11.4 Å². The molecule has 0 aliphatic heterocycles. The van der Waals surface area contributed by atoms with E-state index in [4.69, 9.17) is 0 Å². The molecule has 30 heavy (non-hydrogen) atoms. The lowest BCUT2D eigenvalue weighted by Gasteiger charge is -2.14. The van der Waals surface area contributed by atoms with Crippen molar-refractivity contribution in [2.45, 2.75) is 0 Å². The van der Waals surface area contributed by atoms with Crippen LogP contribution >= 0.6 is 20.1 Å². The van der Waals surface area contributed by atoms with Gasteiger partial charge in [-0.3, -0.25) is 0 Å². The number of benzene rings is 2.